The molecule has 3 rings (SSSR count). The molecule has 1 N–H and O–H groups in total. The summed E-state index contributed by atoms with van der Waals surface area (Å²) in [7, 11) is 0. The minimum absolute atomic E-state index is 0.201. The highest BCUT2D eigenvalue weighted by molar-refractivity contribution is 9.10. The van der Waals surface area contributed by atoms with Crippen molar-refractivity contribution in [1.82, 2.24) is 9.88 Å². The Bertz CT molecular complexity index is 847. The van der Waals surface area contributed by atoms with E-state index in [1.807, 2.05) is 0 Å². The summed E-state index contributed by atoms with van der Waals surface area (Å²) in [5.41, 5.74) is 1.00. The number of piperidine rings is 1. The van der Waals surface area contributed by atoms with Gasteiger partial charge in [-0.3, -0.25) is 14.6 Å². The molecule has 1 unspecified atom stereocenters. The number of benzene rings is 1. The van der Waals surface area contributed by atoms with Gasteiger partial charge >= 0.3 is 0 Å². The van der Waals surface area contributed by atoms with Crippen LogP contribution in [0.15, 0.2) is 41.1 Å². The van der Waals surface area contributed by atoms with E-state index in [1.54, 1.807) is 35.4 Å². The summed E-state index contributed by atoms with van der Waals surface area (Å²) in [5, 5.41) is 3.61. The van der Waals surface area contributed by atoms with Crippen molar-refractivity contribution in [1.29, 1.82) is 0 Å². The van der Waals surface area contributed by atoms with E-state index in [0.29, 0.717) is 34.3 Å². The minimum atomic E-state index is -0.537. The van der Waals surface area contributed by atoms with Gasteiger partial charge in [-0.1, -0.05) is 23.2 Å². The highest BCUT2D eigenvalue weighted by Gasteiger charge is 2.33. The molecule has 1 aliphatic heterocycles. The first-order valence-corrected chi connectivity index (χ1v) is 9.68. The molecule has 136 valence electrons. The van der Waals surface area contributed by atoms with Gasteiger partial charge in [0.05, 0.1) is 15.6 Å². The molecule has 1 saturated heterocycles. The van der Waals surface area contributed by atoms with Gasteiger partial charge in [-0.15, -0.1) is 0 Å². The van der Waals surface area contributed by atoms with Crippen LogP contribution in [-0.4, -0.2) is 34.3 Å². The minimum Gasteiger partial charge on any atom is -0.327 e. The lowest BCUT2D eigenvalue weighted by molar-refractivity contribution is -0.121. The molecule has 2 heterocycles. The lowest BCUT2D eigenvalue weighted by Gasteiger charge is -2.34. The number of likely N-dealkylation sites (tertiary alicyclic amines) is 1. The SMILES string of the molecule is O=C(Nc1ccc(Cl)c(Cl)c1)C1CCCCN1C(=O)c1cncc(Br)c1. The average Bonchev–Trinajstić information content (AvgIpc) is 2.64. The van der Waals surface area contributed by atoms with Crippen LogP contribution in [0.1, 0.15) is 29.6 Å². The van der Waals surface area contributed by atoms with Crippen LogP contribution in [0.3, 0.4) is 0 Å². The number of anilines is 1. The van der Waals surface area contributed by atoms with Gasteiger partial charge in [-0.25, -0.2) is 0 Å². The molecule has 2 aromatic rings. The Morgan fingerprint density at radius 2 is 1.96 bits per heavy atom. The number of halogens is 3. The second kappa shape index (κ2) is 8.37. The van der Waals surface area contributed by atoms with Crippen LogP contribution in [0.4, 0.5) is 5.69 Å². The fourth-order valence-corrected chi connectivity index (χ4v) is 3.60. The first-order valence-electron chi connectivity index (χ1n) is 8.13. The number of nitrogens with one attached hydrogen (secondary N) is 1. The summed E-state index contributed by atoms with van der Waals surface area (Å²) >= 11 is 15.2. The standard InChI is InChI=1S/C18H16BrCl2N3O2/c19-12-7-11(9-22-10-12)18(26)24-6-2-1-3-16(24)17(25)23-13-4-5-14(20)15(21)8-13/h4-5,7-10,16H,1-3,6H2,(H,23,25). The van der Waals surface area contributed by atoms with Gasteiger partial charge in [0.15, 0.2) is 0 Å². The summed E-state index contributed by atoms with van der Waals surface area (Å²) in [6.07, 6.45) is 5.49. The van der Waals surface area contributed by atoms with E-state index >= 15 is 0 Å². The summed E-state index contributed by atoms with van der Waals surface area (Å²) in [5.74, 6) is -0.438. The molecule has 2 amide bonds. The van der Waals surface area contributed by atoms with E-state index in [9.17, 15) is 9.59 Å². The molecule has 0 aliphatic carbocycles. The van der Waals surface area contributed by atoms with Gasteiger partial charge in [0.1, 0.15) is 6.04 Å². The van der Waals surface area contributed by atoms with Crippen molar-refractivity contribution >= 4 is 56.6 Å². The molecule has 0 spiro atoms. The summed E-state index contributed by atoms with van der Waals surface area (Å²) in [6, 6.07) is 6.06. The van der Waals surface area contributed by atoms with Crippen LogP contribution >= 0.6 is 39.1 Å². The zero-order valence-electron chi connectivity index (χ0n) is 13.7. The third-order valence-corrected chi connectivity index (χ3v) is 5.38. The van der Waals surface area contributed by atoms with Gasteiger partial charge in [0, 0.05) is 29.1 Å². The quantitative estimate of drug-likeness (QED) is 0.722. The Labute approximate surface area is 169 Å². The molecule has 1 fully saturated rings. The normalized spacial score (nSPS) is 17.0. The van der Waals surface area contributed by atoms with Crippen LogP contribution in [0.25, 0.3) is 0 Å². The Morgan fingerprint density at radius 3 is 2.69 bits per heavy atom. The Hall–Kier alpha value is -1.63. The average molecular weight is 457 g/mol. The van der Waals surface area contributed by atoms with Gasteiger partial charge < -0.3 is 10.2 Å². The Morgan fingerprint density at radius 1 is 1.15 bits per heavy atom. The van der Waals surface area contributed by atoms with Crippen LogP contribution in [-0.2, 0) is 4.79 Å². The number of pyridine rings is 1. The molecule has 1 atom stereocenters. The molecule has 1 aromatic heterocycles. The van der Waals surface area contributed by atoms with Crippen LogP contribution in [0.5, 0.6) is 0 Å². The third kappa shape index (κ3) is 4.37. The molecule has 8 heteroatoms. The molecule has 0 bridgehead atoms. The molecule has 26 heavy (non-hydrogen) atoms. The van der Waals surface area contributed by atoms with Crippen molar-refractivity contribution < 1.29 is 9.59 Å². The number of carbonyl (C=O) groups is 2. The maximum atomic E-state index is 12.9. The Kier molecular flexibility index (Phi) is 6.16. The van der Waals surface area contributed by atoms with E-state index in [4.69, 9.17) is 23.2 Å². The first-order chi connectivity index (χ1) is 12.5. The number of rotatable bonds is 3. The van der Waals surface area contributed by atoms with E-state index in [-0.39, 0.29) is 11.8 Å². The van der Waals surface area contributed by atoms with Crippen LogP contribution < -0.4 is 5.32 Å². The summed E-state index contributed by atoms with van der Waals surface area (Å²) in [6.45, 7) is 0.533. The van der Waals surface area contributed by atoms with Gasteiger partial charge in [0.2, 0.25) is 5.91 Å². The second-order valence-electron chi connectivity index (χ2n) is 6.02. The molecule has 0 saturated carbocycles. The maximum absolute atomic E-state index is 12.9. The Balaban J connectivity index is 1.78. The van der Waals surface area contributed by atoms with E-state index in [0.717, 1.165) is 17.3 Å². The zero-order valence-corrected chi connectivity index (χ0v) is 16.8. The van der Waals surface area contributed by atoms with Gasteiger partial charge in [-0.2, -0.15) is 0 Å². The lowest BCUT2D eigenvalue weighted by atomic mass is 10.00. The highest BCUT2D eigenvalue weighted by atomic mass is 79.9. The third-order valence-electron chi connectivity index (χ3n) is 4.21. The fraction of sp³-hybridized carbons (Fsp3) is 0.278. The monoisotopic (exact) mass is 455 g/mol. The molecule has 0 radical (unpaired) electrons. The largest absolute Gasteiger partial charge is 0.327 e. The van der Waals surface area contributed by atoms with Crippen molar-refractivity contribution in [2.75, 3.05) is 11.9 Å². The molecular weight excluding hydrogens is 441 g/mol. The van der Waals surface area contributed by atoms with Crippen molar-refractivity contribution in [3.05, 3.63) is 56.7 Å². The number of aromatic nitrogens is 1. The number of nitrogens with zero attached hydrogens (tertiary/aromatic N) is 2. The van der Waals surface area contributed by atoms with Gasteiger partial charge in [0.25, 0.3) is 5.91 Å². The predicted octanol–water partition coefficient (Wildman–Crippen LogP) is 4.78. The van der Waals surface area contributed by atoms with E-state index in [2.05, 4.69) is 26.2 Å². The van der Waals surface area contributed by atoms with Gasteiger partial charge in [-0.05, 0) is 59.5 Å². The highest BCUT2D eigenvalue weighted by Crippen LogP contribution is 2.26. The predicted molar refractivity (Wildman–Crippen MR) is 106 cm³/mol. The molecule has 5 nitrogen and oxygen atoms in total. The maximum Gasteiger partial charge on any atom is 0.256 e. The summed E-state index contributed by atoms with van der Waals surface area (Å²) < 4.78 is 0.720. The fourth-order valence-electron chi connectivity index (χ4n) is 2.94. The molecule has 1 aliphatic rings. The van der Waals surface area contributed by atoms with E-state index in [1.165, 1.54) is 6.20 Å². The molecular formula is C18H16BrCl2N3O2. The molecule has 1 aromatic carbocycles. The van der Waals surface area contributed by atoms with Crippen molar-refractivity contribution in [2.24, 2.45) is 0 Å². The van der Waals surface area contributed by atoms with Crippen molar-refractivity contribution in [3.63, 3.8) is 0 Å². The van der Waals surface area contributed by atoms with E-state index < -0.39 is 6.04 Å². The first kappa shape index (κ1) is 19.1. The number of amides is 2. The summed E-state index contributed by atoms with van der Waals surface area (Å²) in [4.78, 5) is 31.3. The zero-order chi connectivity index (χ0) is 18.7. The second-order valence-corrected chi connectivity index (χ2v) is 7.75. The van der Waals surface area contributed by atoms with Crippen molar-refractivity contribution in [3.8, 4) is 0 Å². The lowest BCUT2D eigenvalue weighted by Crippen LogP contribution is -2.50. The van der Waals surface area contributed by atoms with Crippen LogP contribution in [0.2, 0.25) is 10.0 Å². The van der Waals surface area contributed by atoms with Crippen molar-refractivity contribution in [2.45, 2.75) is 25.3 Å². The number of carbonyl (C=O) groups excluding carboxylic acids is 2. The topological polar surface area (TPSA) is 62.3 Å². The number of hydrogen-bond acceptors (Lipinski definition) is 3. The van der Waals surface area contributed by atoms with Crippen LogP contribution in [0, 0.1) is 0 Å². The number of hydrogen-bond donors (Lipinski definition) is 1. The smallest absolute Gasteiger partial charge is 0.256 e.